The van der Waals surface area contributed by atoms with Gasteiger partial charge in [-0.1, -0.05) is 31.2 Å². The standard InChI is InChI=1S/C21H19F2NO3S/c1-14(13-25)16-3-2-4-18(11-16)24-28(26,27)19-8-5-15(6-9-19)20-10-7-17(22)12-21(20)23/h2-12,14,24-25H,13H2,1H3. The van der Waals surface area contributed by atoms with Crippen molar-refractivity contribution in [2.45, 2.75) is 17.7 Å². The van der Waals surface area contributed by atoms with Crippen molar-refractivity contribution in [3.05, 3.63) is 83.9 Å². The lowest BCUT2D eigenvalue weighted by atomic mass is 10.0. The van der Waals surface area contributed by atoms with Gasteiger partial charge in [0, 0.05) is 29.8 Å². The first-order valence-corrected chi connectivity index (χ1v) is 10.1. The minimum absolute atomic E-state index is 0.0133. The third kappa shape index (κ3) is 4.37. The van der Waals surface area contributed by atoms with Crippen LogP contribution in [0.5, 0.6) is 0 Å². The molecule has 7 heteroatoms. The summed E-state index contributed by atoms with van der Waals surface area (Å²) in [7, 11) is -3.84. The van der Waals surface area contributed by atoms with E-state index in [2.05, 4.69) is 4.72 Å². The second kappa shape index (κ2) is 8.08. The number of anilines is 1. The van der Waals surface area contributed by atoms with Crippen molar-refractivity contribution in [3.63, 3.8) is 0 Å². The molecule has 28 heavy (non-hydrogen) atoms. The van der Waals surface area contributed by atoms with Crippen LogP contribution in [0.15, 0.2) is 71.6 Å². The smallest absolute Gasteiger partial charge is 0.261 e. The molecule has 0 radical (unpaired) electrons. The Bertz CT molecular complexity index is 1080. The Morgan fingerprint density at radius 1 is 1.00 bits per heavy atom. The summed E-state index contributed by atoms with van der Waals surface area (Å²) >= 11 is 0. The Balaban J connectivity index is 1.85. The molecule has 146 valence electrons. The monoisotopic (exact) mass is 403 g/mol. The molecule has 0 aliphatic heterocycles. The summed E-state index contributed by atoms with van der Waals surface area (Å²) in [5, 5.41) is 9.26. The van der Waals surface area contributed by atoms with E-state index in [4.69, 9.17) is 0 Å². The zero-order chi connectivity index (χ0) is 20.3. The van der Waals surface area contributed by atoms with Crippen molar-refractivity contribution in [2.24, 2.45) is 0 Å². The van der Waals surface area contributed by atoms with Crippen LogP contribution in [0.2, 0.25) is 0 Å². The van der Waals surface area contributed by atoms with Crippen molar-refractivity contribution >= 4 is 15.7 Å². The molecule has 3 aromatic carbocycles. The summed E-state index contributed by atoms with van der Waals surface area (Å²) in [4.78, 5) is 0.0133. The molecule has 0 heterocycles. The van der Waals surface area contributed by atoms with Gasteiger partial charge in [-0.25, -0.2) is 17.2 Å². The molecule has 3 rings (SSSR count). The normalized spacial score (nSPS) is 12.6. The fraction of sp³-hybridized carbons (Fsp3) is 0.143. The summed E-state index contributed by atoms with van der Waals surface area (Å²) in [6.45, 7) is 1.79. The quantitative estimate of drug-likeness (QED) is 0.636. The van der Waals surface area contributed by atoms with Crippen LogP contribution in [-0.4, -0.2) is 20.1 Å². The van der Waals surface area contributed by atoms with E-state index in [0.29, 0.717) is 11.3 Å². The zero-order valence-electron chi connectivity index (χ0n) is 15.1. The highest BCUT2D eigenvalue weighted by molar-refractivity contribution is 7.92. The van der Waals surface area contributed by atoms with E-state index >= 15 is 0 Å². The van der Waals surface area contributed by atoms with E-state index in [9.17, 15) is 22.3 Å². The lowest BCUT2D eigenvalue weighted by Gasteiger charge is -2.12. The van der Waals surface area contributed by atoms with Crippen LogP contribution in [-0.2, 0) is 10.0 Å². The third-order valence-electron chi connectivity index (χ3n) is 4.39. The first-order valence-electron chi connectivity index (χ1n) is 8.59. The number of aliphatic hydroxyl groups excluding tert-OH is 1. The zero-order valence-corrected chi connectivity index (χ0v) is 15.9. The van der Waals surface area contributed by atoms with E-state index in [0.717, 1.165) is 17.7 Å². The number of halogens is 2. The van der Waals surface area contributed by atoms with Crippen LogP contribution in [0, 0.1) is 11.6 Å². The summed E-state index contributed by atoms with van der Waals surface area (Å²) in [6.07, 6.45) is 0. The maximum atomic E-state index is 13.9. The van der Waals surface area contributed by atoms with Gasteiger partial charge in [-0.3, -0.25) is 4.72 Å². The van der Waals surface area contributed by atoms with Gasteiger partial charge in [0.2, 0.25) is 0 Å². The van der Waals surface area contributed by atoms with Crippen LogP contribution >= 0.6 is 0 Å². The van der Waals surface area contributed by atoms with Crippen molar-refractivity contribution in [1.29, 1.82) is 0 Å². The highest BCUT2D eigenvalue weighted by Gasteiger charge is 2.16. The number of rotatable bonds is 6. The number of sulfonamides is 1. The summed E-state index contributed by atoms with van der Waals surface area (Å²) in [6, 6.07) is 15.7. The van der Waals surface area contributed by atoms with Crippen LogP contribution in [0.3, 0.4) is 0 Å². The lowest BCUT2D eigenvalue weighted by molar-refractivity contribution is 0.273. The van der Waals surface area contributed by atoms with Crippen molar-refractivity contribution < 1.29 is 22.3 Å². The summed E-state index contributed by atoms with van der Waals surface area (Å²) in [5.41, 5.74) is 1.82. The van der Waals surface area contributed by atoms with E-state index < -0.39 is 21.7 Å². The van der Waals surface area contributed by atoms with Gasteiger partial charge >= 0.3 is 0 Å². The van der Waals surface area contributed by atoms with Crippen LogP contribution < -0.4 is 4.72 Å². The fourth-order valence-electron chi connectivity index (χ4n) is 2.77. The Kier molecular flexibility index (Phi) is 5.76. The largest absolute Gasteiger partial charge is 0.396 e. The molecule has 0 aliphatic carbocycles. The Labute approximate surface area is 162 Å². The molecule has 0 amide bonds. The van der Waals surface area contributed by atoms with E-state index in [-0.39, 0.29) is 23.0 Å². The second-order valence-corrected chi connectivity index (χ2v) is 8.15. The Hall–Kier alpha value is -2.77. The van der Waals surface area contributed by atoms with Crippen molar-refractivity contribution in [1.82, 2.24) is 0 Å². The highest BCUT2D eigenvalue weighted by atomic mass is 32.2. The van der Waals surface area contributed by atoms with Gasteiger partial charge in [0.25, 0.3) is 10.0 Å². The molecule has 1 unspecified atom stereocenters. The molecule has 0 saturated heterocycles. The summed E-state index contributed by atoms with van der Waals surface area (Å²) in [5.74, 6) is -1.51. The maximum absolute atomic E-state index is 13.9. The topological polar surface area (TPSA) is 66.4 Å². The third-order valence-corrected chi connectivity index (χ3v) is 5.79. The molecule has 2 N–H and O–H groups in total. The van der Waals surface area contributed by atoms with Gasteiger partial charge in [-0.15, -0.1) is 0 Å². The Morgan fingerprint density at radius 2 is 1.71 bits per heavy atom. The number of aliphatic hydroxyl groups is 1. The van der Waals surface area contributed by atoms with E-state index in [1.165, 1.54) is 30.3 Å². The Morgan fingerprint density at radius 3 is 2.36 bits per heavy atom. The molecule has 0 aromatic heterocycles. The highest BCUT2D eigenvalue weighted by Crippen LogP contribution is 2.26. The van der Waals surface area contributed by atoms with E-state index in [1.54, 1.807) is 18.2 Å². The van der Waals surface area contributed by atoms with E-state index in [1.807, 2.05) is 13.0 Å². The minimum Gasteiger partial charge on any atom is -0.396 e. The average molecular weight is 403 g/mol. The van der Waals surface area contributed by atoms with Gasteiger partial charge in [-0.2, -0.15) is 0 Å². The van der Waals surface area contributed by atoms with Crippen molar-refractivity contribution in [3.8, 4) is 11.1 Å². The number of hydrogen-bond acceptors (Lipinski definition) is 3. The molecular weight excluding hydrogens is 384 g/mol. The number of benzene rings is 3. The number of hydrogen-bond donors (Lipinski definition) is 2. The van der Waals surface area contributed by atoms with Crippen LogP contribution in [0.4, 0.5) is 14.5 Å². The molecular formula is C21H19F2NO3S. The van der Waals surface area contributed by atoms with Gasteiger partial charge in [0.05, 0.1) is 4.90 Å². The molecule has 0 saturated carbocycles. The van der Waals surface area contributed by atoms with Gasteiger partial charge < -0.3 is 5.11 Å². The van der Waals surface area contributed by atoms with Gasteiger partial charge in [0.1, 0.15) is 11.6 Å². The SMILES string of the molecule is CC(CO)c1cccc(NS(=O)(=O)c2ccc(-c3ccc(F)cc3F)cc2)c1. The van der Waals surface area contributed by atoms with Gasteiger partial charge in [0.15, 0.2) is 0 Å². The molecule has 3 aromatic rings. The lowest BCUT2D eigenvalue weighted by Crippen LogP contribution is -2.13. The minimum atomic E-state index is -3.84. The van der Waals surface area contributed by atoms with Crippen molar-refractivity contribution in [2.75, 3.05) is 11.3 Å². The molecule has 1 atom stereocenters. The van der Waals surface area contributed by atoms with Gasteiger partial charge in [-0.05, 0) is 47.5 Å². The second-order valence-electron chi connectivity index (χ2n) is 6.46. The first kappa shape index (κ1) is 20.0. The molecule has 0 aliphatic rings. The predicted octanol–water partition coefficient (Wildman–Crippen LogP) is 4.53. The molecule has 0 bridgehead atoms. The molecule has 4 nitrogen and oxygen atoms in total. The fourth-order valence-corrected chi connectivity index (χ4v) is 3.81. The van der Waals surface area contributed by atoms with Crippen LogP contribution in [0.1, 0.15) is 18.4 Å². The molecule has 0 spiro atoms. The molecule has 0 fully saturated rings. The first-order chi connectivity index (χ1) is 13.3. The summed E-state index contributed by atoms with van der Waals surface area (Å²) < 4.78 is 54.7. The number of nitrogens with one attached hydrogen (secondary N) is 1. The predicted molar refractivity (Wildman–Crippen MR) is 105 cm³/mol. The maximum Gasteiger partial charge on any atom is 0.261 e. The van der Waals surface area contributed by atoms with Crippen LogP contribution in [0.25, 0.3) is 11.1 Å². The average Bonchev–Trinajstić information content (AvgIpc) is 2.67.